The summed E-state index contributed by atoms with van der Waals surface area (Å²) in [6, 6.07) is -0.114. The monoisotopic (exact) mass is 659 g/mol. The number of ether oxygens (including phenoxy) is 1. The molecular weight excluding hydrogens is 619 g/mol. The van der Waals surface area contributed by atoms with Crippen LogP contribution < -0.4 is 16.0 Å². The van der Waals surface area contributed by atoms with Gasteiger partial charge < -0.3 is 25.6 Å². The van der Waals surface area contributed by atoms with Crippen LogP contribution in [0.4, 0.5) is 4.79 Å². The first kappa shape index (κ1) is 34.2. The van der Waals surface area contributed by atoms with Gasteiger partial charge in [0.2, 0.25) is 11.8 Å². The highest BCUT2D eigenvalue weighted by Crippen LogP contribution is 2.38. The number of ketones is 1. The Morgan fingerprint density at radius 2 is 1.84 bits per heavy atom. The molecule has 0 aromatic carbocycles. The zero-order valence-electron chi connectivity index (χ0n) is 26.5. The van der Waals surface area contributed by atoms with E-state index >= 15 is 0 Å². The second-order valence-corrected chi connectivity index (χ2v) is 14.3. The molecule has 0 spiro atoms. The van der Waals surface area contributed by atoms with Crippen LogP contribution in [0.25, 0.3) is 10.7 Å². The van der Waals surface area contributed by atoms with Crippen LogP contribution >= 0.6 is 22.7 Å². The molecule has 1 aliphatic carbocycles. The van der Waals surface area contributed by atoms with Crippen molar-refractivity contribution in [3.05, 3.63) is 33.2 Å². The van der Waals surface area contributed by atoms with E-state index in [-0.39, 0.29) is 30.7 Å². The molecule has 15 heteroatoms. The number of hydrogen-bond acceptors (Lipinski definition) is 11. The number of carbonyl (C=O) groups is 5. The van der Waals surface area contributed by atoms with E-state index in [1.165, 1.54) is 33.6 Å². The molecule has 13 nitrogen and oxygen atoms in total. The zero-order chi connectivity index (χ0) is 32.9. The van der Waals surface area contributed by atoms with Crippen molar-refractivity contribution in [1.82, 2.24) is 35.7 Å². The Morgan fingerprint density at radius 3 is 2.51 bits per heavy atom. The topological polar surface area (TPSA) is 163 Å². The lowest BCUT2D eigenvalue weighted by molar-refractivity contribution is -0.132. The zero-order valence-corrected chi connectivity index (χ0v) is 28.2. The van der Waals surface area contributed by atoms with Crippen molar-refractivity contribution in [2.75, 3.05) is 27.2 Å². The summed E-state index contributed by atoms with van der Waals surface area (Å²) in [5.41, 5.74) is -0.285. The Balaban J connectivity index is 1.26. The average Bonchev–Trinajstić information content (AvgIpc) is 3.28. The van der Waals surface area contributed by atoms with Crippen molar-refractivity contribution in [2.45, 2.75) is 83.5 Å². The predicted molar refractivity (Wildman–Crippen MR) is 171 cm³/mol. The molecule has 1 saturated heterocycles. The standard InChI is InChI=1S/C30H41N7O6S2/c1-18-7-8-19(37(18)28(42)43-29(2,3)4)13-24(40)35-30(9-10-30)22(38)14-23(39)32-15-25-33-21(17-44-25)27-34-20(16-45-27)26(41)31-11-12-36(5)6/h13,16-18H,7-12,14-15H2,1-6H3,(H,31,41)(H,32,39)(H,35,40)/b19-13-/t18-/m0/s1. The fraction of sp³-hybridized carbons (Fsp3) is 0.567. The Bertz CT molecular complexity index is 1470. The maximum absolute atomic E-state index is 13.0. The molecule has 1 aliphatic heterocycles. The first-order valence-corrected chi connectivity index (χ1v) is 16.6. The van der Waals surface area contributed by atoms with Crippen molar-refractivity contribution < 1.29 is 28.7 Å². The summed E-state index contributed by atoms with van der Waals surface area (Å²) in [6.07, 6.45) is 2.58. The predicted octanol–water partition coefficient (Wildman–Crippen LogP) is 3.09. The number of amides is 4. The quantitative estimate of drug-likeness (QED) is 0.230. The van der Waals surface area contributed by atoms with Crippen molar-refractivity contribution in [2.24, 2.45) is 0 Å². The first-order chi connectivity index (χ1) is 21.2. The number of nitrogens with one attached hydrogen (secondary N) is 3. The number of aromatic nitrogens is 2. The van der Waals surface area contributed by atoms with Crippen molar-refractivity contribution >= 4 is 52.3 Å². The van der Waals surface area contributed by atoms with Crippen LogP contribution in [-0.4, -0.2) is 93.7 Å². The summed E-state index contributed by atoms with van der Waals surface area (Å²) in [5.74, 6) is -1.56. The summed E-state index contributed by atoms with van der Waals surface area (Å²) in [5, 5.41) is 13.0. The van der Waals surface area contributed by atoms with Gasteiger partial charge in [-0.05, 0) is 67.5 Å². The number of likely N-dealkylation sites (tertiary alicyclic amines) is 1. The van der Waals surface area contributed by atoms with Crippen LogP contribution in [0.5, 0.6) is 0 Å². The number of nitrogens with zero attached hydrogens (tertiary/aromatic N) is 4. The molecule has 1 atom stereocenters. The van der Waals surface area contributed by atoms with E-state index in [1.807, 2.05) is 25.9 Å². The van der Waals surface area contributed by atoms with Crippen LogP contribution in [0.1, 0.15) is 75.3 Å². The van der Waals surface area contributed by atoms with Gasteiger partial charge in [0.05, 0.1) is 18.5 Å². The highest BCUT2D eigenvalue weighted by molar-refractivity contribution is 7.14. The van der Waals surface area contributed by atoms with Gasteiger partial charge in [-0.1, -0.05) is 0 Å². The second-order valence-electron chi connectivity index (χ2n) is 12.5. The van der Waals surface area contributed by atoms with E-state index in [4.69, 9.17) is 4.74 Å². The molecule has 4 amide bonds. The van der Waals surface area contributed by atoms with Crippen LogP contribution in [-0.2, 0) is 25.7 Å². The summed E-state index contributed by atoms with van der Waals surface area (Å²) < 4.78 is 5.50. The van der Waals surface area contributed by atoms with Gasteiger partial charge in [0.15, 0.2) is 5.78 Å². The van der Waals surface area contributed by atoms with Crippen LogP contribution in [0, 0.1) is 0 Å². The van der Waals surface area contributed by atoms with Crippen LogP contribution in [0.3, 0.4) is 0 Å². The molecule has 3 heterocycles. The molecule has 0 radical (unpaired) electrons. The van der Waals surface area contributed by atoms with Gasteiger partial charge in [0.25, 0.3) is 5.91 Å². The number of likely N-dealkylation sites (N-methyl/N-ethyl adjacent to an activating group) is 1. The minimum atomic E-state index is -1.08. The fourth-order valence-electron chi connectivity index (χ4n) is 4.68. The number of carbonyl (C=O) groups excluding carboxylic acids is 5. The lowest BCUT2D eigenvalue weighted by Gasteiger charge is -2.28. The smallest absolute Gasteiger partial charge is 0.414 e. The molecule has 2 fully saturated rings. The third-order valence-electron chi connectivity index (χ3n) is 7.21. The van der Waals surface area contributed by atoms with Crippen molar-refractivity contribution in [1.29, 1.82) is 0 Å². The van der Waals surface area contributed by atoms with Gasteiger partial charge in [0, 0.05) is 41.7 Å². The number of hydrogen-bond donors (Lipinski definition) is 3. The highest BCUT2D eigenvalue weighted by atomic mass is 32.1. The van der Waals surface area contributed by atoms with E-state index < -0.39 is 29.0 Å². The first-order valence-electron chi connectivity index (χ1n) is 14.8. The Morgan fingerprint density at radius 1 is 1.11 bits per heavy atom. The molecule has 2 aromatic rings. The SMILES string of the molecule is C[C@H]1CC/C(=C/C(=O)NC2(C(=O)CC(=O)NCc3nc(-c4nc(C(=O)NCCN(C)C)cs4)cs3)CC2)N1C(=O)OC(C)(C)C. The maximum atomic E-state index is 13.0. The lowest BCUT2D eigenvalue weighted by Crippen LogP contribution is -2.44. The largest absolute Gasteiger partial charge is 0.443 e. The van der Waals surface area contributed by atoms with E-state index in [1.54, 1.807) is 31.5 Å². The number of thiazole rings is 2. The van der Waals surface area contributed by atoms with Gasteiger partial charge in [0.1, 0.15) is 27.0 Å². The molecule has 0 bridgehead atoms. The van der Waals surface area contributed by atoms with Gasteiger partial charge in [-0.2, -0.15) is 0 Å². The second kappa shape index (κ2) is 14.2. The molecule has 45 heavy (non-hydrogen) atoms. The number of Topliss-reactive ketones (excluding diaryl/α,β-unsaturated/α-hetero) is 1. The van der Waals surface area contributed by atoms with Crippen LogP contribution in [0.15, 0.2) is 22.5 Å². The number of allylic oxidation sites excluding steroid dienone is 1. The molecule has 2 aromatic heterocycles. The number of rotatable bonds is 12. The van der Waals surface area contributed by atoms with Gasteiger partial charge in [-0.3, -0.25) is 24.1 Å². The molecule has 0 unspecified atom stereocenters. The molecule has 3 N–H and O–H groups in total. The Kier molecular flexibility index (Phi) is 10.8. The third-order valence-corrected chi connectivity index (χ3v) is 8.93. The lowest BCUT2D eigenvalue weighted by atomic mass is 10.1. The third kappa shape index (κ3) is 9.41. The van der Waals surface area contributed by atoms with E-state index in [0.29, 0.717) is 59.3 Å². The Hall–Kier alpha value is -3.69. The summed E-state index contributed by atoms with van der Waals surface area (Å²) in [7, 11) is 3.86. The van der Waals surface area contributed by atoms with Gasteiger partial charge in [-0.25, -0.2) is 14.8 Å². The van der Waals surface area contributed by atoms with Crippen LogP contribution in [0.2, 0.25) is 0 Å². The molecular formula is C30H41N7O6S2. The van der Waals surface area contributed by atoms with Crippen molar-refractivity contribution in [3.8, 4) is 10.7 Å². The molecule has 1 saturated carbocycles. The summed E-state index contributed by atoms with van der Waals surface area (Å²) in [4.78, 5) is 75.9. The van der Waals surface area contributed by atoms with Gasteiger partial charge in [-0.15, -0.1) is 22.7 Å². The highest BCUT2D eigenvalue weighted by Gasteiger charge is 2.51. The fourth-order valence-corrected chi connectivity index (χ4v) is 6.24. The molecule has 244 valence electrons. The Labute approximate surface area is 270 Å². The van der Waals surface area contributed by atoms with E-state index in [0.717, 1.165) is 6.54 Å². The minimum Gasteiger partial charge on any atom is -0.443 e. The minimum absolute atomic E-state index is 0.114. The summed E-state index contributed by atoms with van der Waals surface area (Å²) >= 11 is 2.65. The van der Waals surface area contributed by atoms with Gasteiger partial charge >= 0.3 is 6.09 Å². The average molecular weight is 660 g/mol. The normalized spacial score (nSPS) is 18.2. The van der Waals surface area contributed by atoms with E-state index in [9.17, 15) is 24.0 Å². The van der Waals surface area contributed by atoms with Crippen molar-refractivity contribution in [3.63, 3.8) is 0 Å². The molecule has 4 rings (SSSR count). The van der Waals surface area contributed by atoms with E-state index in [2.05, 4.69) is 25.9 Å². The summed E-state index contributed by atoms with van der Waals surface area (Å²) in [6.45, 7) is 8.60. The maximum Gasteiger partial charge on any atom is 0.414 e. The molecule has 2 aliphatic rings.